The summed E-state index contributed by atoms with van der Waals surface area (Å²) in [6, 6.07) is 5.91. The van der Waals surface area contributed by atoms with Crippen LogP contribution >= 0.6 is 11.3 Å². The maximum atomic E-state index is 12.5. The molecule has 152 valence electrons. The second-order valence-electron chi connectivity index (χ2n) is 7.96. The standard InChI is InChI=1S/C21H31N5OS/c1-16(2)20-23-24-21(28-20)26-13-6-7-17(15-26)9-10-19(27)25(3)14-11-18-8-4-5-12-22-18/h4-5,8,12,16-17H,6-7,9-11,13-15H2,1-3H3. The summed E-state index contributed by atoms with van der Waals surface area (Å²) in [5.41, 5.74) is 1.03. The average Bonchev–Trinajstić information content (AvgIpc) is 3.22. The molecule has 0 saturated carbocycles. The number of anilines is 1. The second kappa shape index (κ2) is 9.96. The van der Waals surface area contributed by atoms with Crippen LogP contribution < -0.4 is 4.90 Å². The van der Waals surface area contributed by atoms with Crippen molar-refractivity contribution in [2.75, 3.05) is 31.6 Å². The molecule has 0 N–H and O–H groups in total. The first-order valence-corrected chi connectivity index (χ1v) is 11.1. The van der Waals surface area contributed by atoms with E-state index in [-0.39, 0.29) is 5.91 Å². The highest BCUT2D eigenvalue weighted by atomic mass is 32.1. The largest absolute Gasteiger partial charge is 0.346 e. The van der Waals surface area contributed by atoms with Gasteiger partial charge in [0, 0.05) is 57.3 Å². The number of pyridine rings is 1. The van der Waals surface area contributed by atoms with Gasteiger partial charge in [0.15, 0.2) is 0 Å². The van der Waals surface area contributed by atoms with Gasteiger partial charge in [0.05, 0.1) is 0 Å². The van der Waals surface area contributed by atoms with E-state index in [9.17, 15) is 4.79 Å². The highest BCUT2D eigenvalue weighted by Crippen LogP contribution is 2.30. The summed E-state index contributed by atoms with van der Waals surface area (Å²) in [7, 11) is 1.90. The minimum atomic E-state index is 0.228. The van der Waals surface area contributed by atoms with E-state index >= 15 is 0 Å². The maximum Gasteiger partial charge on any atom is 0.222 e. The molecule has 1 saturated heterocycles. The van der Waals surface area contributed by atoms with Gasteiger partial charge in [0.2, 0.25) is 11.0 Å². The molecule has 1 amide bonds. The highest BCUT2D eigenvalue weighted by molar-refractivity contribution is 7.15. The van der Waals surface area contributed by atoms with Crippen LogP contribution in [0.25, 0.3) is 0 Å². The molecule has 1 unspecified atom stereocenters. The fourth-order valence-corrected chi connectivity index (χ4v) is 4.41. The van der Waals surface area contributed by atoms with Crippen LogP contribution in [0.2, 0.25) is 0 Å². The van der Waals surface area contributed by atoms with Crippen molar-refractivity contribution in [3.05, 3.63) is 35.1 Å². The van der Waals surface area contributed by atoms with Gasteiger partial charge in [-0.25, -0.2) is 0 Å². The van der Waals surface area contributed by atoms with Gasteiger partial charge in [-0.2, -0.15) is 0 Å². The van der Waals surface area contributed by atoms with Crippen LogP contribution in [0, 0.1) is 5.92 Å². The third kappa shape index (κ3) is 5.74. The van der Waals surface area contributed by atoms with Gasteiger partial charge in [0.1, 0.15) is 5.01 Å². The Kier molecular flexibility index (Phi) is 7.36. The molecule has 1 atom stereocenters. The van der Waals surface area contributed by atoms with Gasteiger partial charge in [-0.3, -0.25) is 9.78 Å². The topological polar surface area (TPSA) is 62.2 Å². The highest BCUT2D eigenvalue weighted by Gasteiger charge is 2.24. The number of nitrogens with zero attached hydrogens (tertiary/aromatic N) is 5. The number of carbonyl (C=O) groups excluding carboxylic acids is 1. The van der Waals surface area contributed by atoms with Crippen LogP contribution in [-0.4, -0.2) is 52.7 Å². The lowest BCUT2D eigenvalue weighted by atomic mass is 9.93. The molecular formula is C21H31N5OS. The Morgan fingerprint density at radius 1 is 1.36 bits per heavy atom. The molecule has 2 aromatic rings. The second-order valence-corrected chi connectivity index (χ2v) is 8.94. The third-order valence-corrected chi connectivity index (χ3v) is 6.62. The summed E-state index contributed by atoms with van der Waals surface area (Å²) in [4.78, 5) is 21.0. The van der Waals surface area contributed by atoms with E-state index in [0.717, 1.165) is 54.7 Å². The molecule has 1 fully saturated rings. The molecule has 2 aromatic heterocycles. The average molecular weight is 402 g/mol. The van der Waals surface area contributed by atoms with Crippen molar-refractivity contribution < 1.29 is 4.79 Å². The fraction of sp³-hybridized carbons (Fsp3) is 0.619. The van der Waals surface area contributed by atoms with E-state index in [2.05, 4.69) is 33.9 Å². The van der Waals surface area contributed by atoms with Gasteiger partial charge in [-0.05, 0) is 37.3 Å². The molecule has 3 rings (SSSR count). The first-order valence-electron chi connectivity index (χ1n) is 10.2. The van der Waals surface area contributed by atoms with Crippen molar-refractivity contribution >= 4 is 22.4 Å². The van der Waals surface area contributed by atoms with Gasteiger partial charge in [-0.15, -0.1) is 10.2 Å². The molecule has 0 radical (unpaired) electrons. The van der Waals surface area contributed by atoms with Crippen molar-refractivity contribution in [3.63, 3.8) is 0 Å². The van der Waals surface area contributed by atoms with Crippen molar-refractivity contribution in [1.82, 2.24) is 20.1 Å². The van der Waals surface area contributed by atoms with E-state index in [0.29, 0.717) is 18.3 Å². The van der Waals surface area contributed by atoms with E-state index in [1.54, 1.807) is 17.5 Å². The van der Waals surface area contributed by atoms with Crippen LogP contribution in [0.15, 0.2) is 24.4 Å². The summed E-state index contributed by atoms with van der Waals surface area (Å²) in [5.74, 6) is 1.20. The molecule has 6 nitrogen and oxygen atoms in total. The maximum absolute atomic E-state index is 12.5. The SMILES string of the molecule is CC(C)c1nnc(N2CCCC(CCC(=O)N(C)CCc3ccccn3)C2)s1. The molecule has 0 spiro atoms. The normalized spacial score (nSPS) is 17.1. The molecule has 1 aliphatic heterocycles. The zero-order valence-electron chi connectivity index (χ0n) is 17.2. The first kappa shape index (κ1) is 20.7. The number of rotatable bonds is 8. The Hall–Kier alpha value is -2.02. The molecule has 28 heavy (non-hydrogen) atoms. The van der Waals surface area contributed by atoms with Crippen LogP contribution in [0.5, 0.6) is 0 Å². The van der Waals surface area contributed by atoms with Crippen LogP contribution in [0.1, 0.15) is 56.2 Å². The Balaban J connectivity index is 1.43. The van der Waals surface area contributed by atoms with E-state index in [1.807, 2.05) is 30.1 Å². The van der Waals surface area contributed by atoms with Crippen molar-refractivity contribution in [2.24, 2.45) is 5.92 Å². The van der Waals surface area contributed by atoms with Gasteiger partial charge >= 0.3 is 0 Å². The molecule has 7 heteroatoms. The monoisotopic (exact) mass is 401 g/mol. The fourth-order valence-electron chi connectivity index (χ4n) is 3.53. The number of hydrogen-bond donors (Lipinski definition) is 0. The number of likely N-dealkylation sites (N-methyl/N-ethyl adjacent to an activating group) is 1. The van der Waals surface area contributed by atoms with Gasteiger partial charge in [0.25, 0.3) is 0 Å². The summed E-state index contributed by atoms with van der Waals surface area (Å²) < 4.78 is 0. The van der Waals surface area contributed by atoms with Gasteiger partial charge < -0.3 is 9.80 Å². The lowest BCUT2D eigenvalue weighted by Crippen LogP contribution is -2.36. The lowest BCUT2D eigenvalue weighted by Gasteiger charge is -2.32. The summed E-state index contributed by atoms with van der Waals surface area (Å²) in [6.45, 7) is 7.05. The quantitative estimate of drug-likeness (QED) is 0.674. The third-order valence-electron chi connectivity index (χ3n) is 5.34. The van der Waals surface area contributed by atoms with Crippen LogP contribution in [-0.2, 0) is 11.2 Å². The summed E-state index contributed by atoms with van der Waals surface area (Å²) in [5, 5.41) is 10.8. The number of aromatic nitrogens is 3. The predicted octanol–water partition coefficient (Wildman–Crippen LogP) is 3.75. The lowest BCUT2D eigenvalue weighted by molar-refractivity contribution is -0.130. The zero-order chi connectivity index (χ0) is 19.9. The predicted molar refractivity (Wildman–Crippen MR) is 114 cm³/mol. The number of piperidine rings is 1. The van der Waals surface area contributed by atoms with Crippen LogP contribution in [0.4, 0.5) is 5.13 Å². The number of carbonyl (C=O) groups is 1. The summed E-state index contributed by atoms with van der Waals surface area (Å²) >= 11 is 1.71. The van der Waals surface area contributed by atoms with Crippen molar-refractivity contribution in [2.45, 2.75) is 51.9 Å². The Bertz CT molecular complexity index is 748. The molecule has 0 bridgehead atoms. The molecule has 1 aliphatic rings. The minimum Gasteiger partial charge on any atom is -0.346 e. The Morgan fingerprint density at radius 3 is 2.93 bits per heavy atom. The number of hydrogen-bond acceptors (Lipinski definition) is 6. The van der Waals surface area contributed by atoms with Crippen molar-refractivity contribution in [1.29, 1.82) is 0 Å². The molecule has 3 heterocycles. The molecular weight excluding hydrogens is 370 g/mol. The van der Waals surface area contributed by atoms with Crippen LogP contribution in [0.3, 0.4) is 0 Å². The van der Waals surface area contributed by atoms with E-state index < -0.39 is 0 Å². The zero-order valence-corrected chi connectivity index (χ0v) is 18.0. The van der Waals surface area contributed by atoms with E-state index in [4.69, 9.17) is 0 Å². The Morgan fingerprint density at radius 2 is 2.21 bits per heavy atom. The molecule has 0 aromatic carbocycles. The Labute approximate surface area is 172 Å². The first-order chi connectivity index (χ1) is 13.5. The van der Waals surface area contributed by atoms with E-state index in [1.165, 1.54) is 6.42 Å². The number of amides is 1. The van der Waals surface area contributed by atoms with Crippen molar-refractivity contribution in [3.8, 4) is 0 Å². The van der Waals surface area contributed by atoms with Gasteiger partial charge in [-0.1, -0.05) is 31.3 Å². The molecule has 0 aliphatic carbocycles. The minimum absolute atomic E-state index is 0.228. The summed E-state index contributed by atoms with van der Waals surface area (Å²) in [6.07, 6.45) is 6.51. The smallest absolute Gasteiger partial charge is 0.222 e.